The van der Waals surface area contributed by atoms with E-state index in [9.17, 15) is 0 Å². The molecular weight excluding hydrogens is 232 g/mol. The molecule has 0 saturated heterocycles. The second-order valence-electron chi connectivity index (χ2n) is 4.55. The van der Waals surface area contributed by atoms with Gasteiger partial charge in [0.1, 0.15) is 0 Å². The standard InChI is InChI=1S/C17H20N2/c1-6-7-16(14(3)19(4)5)12-17(18)15-10-8-13(2)9-11-15/h8-12,18H,3H2,1-2,4-5H3/b16-12+,18-17?. The topological polar surface area (TPSA) is 27.1 Å². The first-order chi connectivity index (χ1) is 8.95. The van der Waals surface area contributed by atoms with Crippen molar-refractivity contribution in [2.45, 2.75) is 13.8 Å². The zero-order valence-electron chi connectivity index (χ0n) is 12.0. The molecule has 0 unspecified atom stereocenters. The molecule has 1 aromatic rings. The Bertz CT molecular complexity index is 564. The maximum absolute atomic E-state index is 8.14. The summed E-state index contributed by atoms with van der Waals surface area (Å²) in [7, 11) is 3.84. The summed E-state index contributed by atoms with van der Waals surface area (Å²) < 4.78 is 0. The summed E-state index contributed by atoms with van der Waals surface area (Å²) in [5, 5.41) is 8.14. The van der Waals surface area contributed by atoms with E-state index in [0.717, 1.165) is 16.8 Å². The van der Waals surface area contributed by atoms with E-state index in [4.69, 9.17) is 5.41 Å². The Labute approximate surface area is 116 Å². The third kappa shape index (κ3) is 4.15. The van der Waals surface area contributed by atoms with E-state index in [0.29, 0.717) is 5.71 Å². The summed E-state index contributed by atoms with van der Waals surface area (Å²) in [6.45, 7) is 7.81. The SMILES string of the molecule is C=C(/C(C#CC)=C/C(=N)c1ccc(C)cc1)N(C)C. The van der Waals surface area contributed by atoms with E-state index in [1.54, 1.807) is 13.0 Å². The van der Waals surface area contributed by atoms with Crippen LogP contribution in [0.5, 0.6) is 0 Å². The summed E-state index contributed by atoms with van der Waals surface area (Å²) in [4.78, 5) is 1.90. The van der Waals surface area contributed by atoms with Gasteiger partial charge in [-0.1, -0.05) is 42.3 Å². The Hall–Kier alpha value is -2.27. The van der Waals surface area contributed by atoms with Crippen LogP contribution >= 0.6 is 0 Å². The fraction of sp³-hybridized carbons (Fsp3) is 0.235. The van der Waals surface area contributed by atoms with Gasteiger partial charge in [0, 0.05) is 25.4 Å². The molecule has 0 spiro atoms. The molecule has 1 rings (SSSR count). The number of nitrogens with one attached hydrogen (secondary N) is 1. The molecule has 0 aromatic heterocycles. The van der Waals surface area contributed by atoms with Crippen molar-refractivity contribution in [2.24, 2.45) is 0 Å². The molecule has 0 bridgehead atoms. The Kier molecular flexibility index (Phi) is 5.14. The number of benzene rings is 1. The van der Waals surface area contributed by atoms with Crippen molar-refractivity contribution in [2.75, 3.05) is 14.1 Å². The first kappa shape index (κ1) is 14.8. The molecule has 0 heterocycles. The highest BCUT2D eigenvalue weighted by atomic mass is 15.1. The maximum Gasteiger partial charge on any atom is 0.0625 e. The van der Waals surface area contributed by atoms with Crippen LogP contribution in [0, 0.1) is 24.2 Å². The van der Waals surface area contributed by atoms with Crippen molar-refractivity contribution < 1.29 is 0 Å². The van der Waals surface area contributed by atoms with Gasteiger partial charge in [-0.2, -0.15) is 0 Å². The Balaban J connectivity index is 3.08. The molecule has 19 heavy (non-hydrogen) atoms. The number of nitrogens with zero attached hydrogens (tertiary/aromatic N) is 1. The van der Waals surface area contributed by atoms with Crippen LogP contribution in [0.15, 0.2) is 48.2 Å². The number of allylic oxidation sites excluding steroid dienone is 2. The average Bonchev–Trinajstić information content (AvgIpc) is 2.37. The maximum atomic E-state index is 8.14. The van der Waals surface area contributed by atoms with Crippen LogP contribution in [0.1, 0.15) is 18.1 Å². The Morgan fingerprint density at radius 3 is 2.32 bits per heavy atom. The van der Waals surface area contributed by atoms with Crippen molar-refractivity contribution in [1.82, 2.24) is 4.90 Å². The zero-order chi connectivity index (χ0) is 14.4. The summed E-state index contributed by atoms with van der Waals surface area (Å²) in [6, 6.07) is 7.90. The van der Waals surface area contributed by atoms with Gasteiger partial charge in [-0.25, -0.2) is 0 Å². The second-order valence-corrected chi connectivity index (χ2v) is 4.55. The monoisotopic (exact) mass is 252 g/mol. The third-order valence-corrected chi connectivity index (χ3v) is 2.76. The van der Waals surface area contributed by atoms with Crippen LogP contribution in [0.3, 0.4) is 0 Å². The fourth-order valence-corrected chi connectivity index (χ4v) is 1.53. The van der Waals surface area contributed by atoms with Gasteiger partial charge in [0.2, 0.25) is 0 Å². The van der Waals surface area contributed by atoms with Gasteiger partial charge in [0.25, 0.3) is 0 Å². The summed E-state index contributed by atoms with van der Waals surface area (Å²) in [6.07, 6.45) is 1.77. The minimum absolute atomic E-state index is 0.445. The normalized spacial score (nSPS) is 10.4. The van der Waals surface area contributed by atoms with Crippen LogP contribution in [-0.4, -0.2) is 24.7 Å². The molecule has 98 valence electrons. The predicted molar refractivity (Wildman–Crippen MR) is 82.4 cm³/mol. The Morgan fingerprint density at radius 2 is 1.84 bits per heavy atom. The zero-order valence-corrected chi connectivity index (χ0v) is 12.0. The lowest BCUT2D eigenvalue weighted by Gasteiger charge is -2.15. The minimum atomic E-state index is 0.445. The average molecular weight is 252 g/mol. The molecule has 0 radical (unpaired) electrons. The molecule has 0 saturated carbocycles. The van der Waals surface area contributed by atoms with Crippen LogP contribution in [0.4, 0.5) is 0 Å². The van der Waals surface area contributed by atoms with E-state index >= 15 is 0 Å². The fourth-order valence-electron chi connectivity index (χ4n) is 1.53. The van der Waals surface area contributed by atoms with Gasteiger partial charge in [-0.05, 0) is 25.5 Å². The largest absolute Gasteiger partial charge is 0.377 e. The highest BCUT2D eigenvalue weighted by Crippen LogP contribution is 2.12. The summed E-state index contributed by atoms with van der Waals surface area (Å²) in [5.74, 6) is 5.87. The number of rotatable bonds is 4. The lowest BCUT2D eigenvalue weighted by molar-refractivity contribution is 0.528. The number of hydrogen-bond donors (Lipinski definition) is 1. The van der Waals surface area contributed by atoms with E-state index in [1.807, 2.05) is 50.2 Å². The molecule has 0 atom stereocenters. The molecule has 0 amide bonds. The van der Waals surface area contributed by atoms with Gasteiger partial charge in [-0.15, -0.1) is 5.92 Å². The molecule has 0 aliphatic carbocycles. The van der Waals surface area contributed by atoms with Crippen LogP contribution < -0.4 is 0 Å². The molecular formula is C17H20N2. The molecule has 0 aliphatic heterocycles. The van der Waals surface area contributed by atoms with Crippen molar-refractivity contribution in [3.63, 3.8) is 0 Å². The number of hydrogen-bond acceptors (Lipinski definition) is 2. The third-order valence-electron chi connectivity index (χ3n) is 2.76. The smallest absolute Gasteiger partial charge is 0.0625 e. The Morgan fingerprint density at radius 1 is 1.26 bits per heavy atom. The van der Waals surface area contributed by atoms with Gasteiger partial charge in [0.15, 0.2) is 0 Å². The van der Waals surface area contributed by atoms with Gasteiger partial charge in [0.05, 0.1) is 5.71 Å². The van der Waals surface area contributed by atoms with Gasteiger partial charge >= 0.3 is 0 Å². The van der Waals surface area contributed by atoms with Gasteiger partial charge < -0.3 is 10.3 Å². The van der Waals surface area contributed by atoms with Crippen LogP contribution in [-0.2, 0) is 0 Å². The predicted octanol–water partition coefficient (Wildman–Crippen LogP) is 3.39. The highest BCUT2D eigenvalue weighted by molar-refractivity contribution is 6.07. The lowest BCUT2D eigenvalue weighted by Crippen LogP contribution is -2.12. The molecule has 0 fully saturated rings. The van der Waals surface area contributed by atoms with E-state index < -0.39 is 0 Å². The molecule has 1 aromatic carbocycles. The molecule has 1 N–H and O–H groups in total. The van der Waals surface area contributed by atoms with Crippen molar-refractivity contribution in [1.29, 1.82) is 5.41 Å². The summed E-state index contributed by atoms with van der Waals surface area (Å²) in [5.41, 5.74) is 4.10. The van der Waals surface area contributed by atoms with Crippen molar-refractivity contribution in [3.05, 3.63) is 59.3 Å². The van der Waals surface area contributed by atoms with E-state index in [2.05, 4.69) is 18.4 Å². The number of likely N-dealkylation sites (N-methyl/N-ethyl adjacent to an activating group) is 1. The second kappa shape index (κ2) is 6.61. The highest BCUT2D eigenvalue weighted by Gasteiger charge is 2.05. The van der Waals surface area contributed by atoms with E-state index in [-0.39, 0.29) is 0 Å². The molecule has 2 heteroatoms. The van der Waals surface area contributed by atoms with Crippen molar-refractivity contribution in [3.8, 4) is 11.8 Å². The quantitative estimate of drug-likeness (QED) is 0.496. The number of aryl methyl sites for hydroxylation is 1. The summed E-state index contributed by atoms with van der Waals surface area (Å²) >= 11 is 0. The first-order valence-electron chi connectivity index (χ1n) is 6.12. The van der Waals surface area contributed by atoms with Crippen LogP contribution in [0.2, 0.25) is 0 Å². The minimum Gasteiger partial charge on any atom is -0.377 e. The van der Waals surface area contributed by atoms with E-state index in [1.165, 1.54) is 5.56 Å². The molecule has 0 aliphatic rings. The first-order valence-corrected chi connectivity index (χ1v) is 6.12. The lowest BCUT2D eigenvalue weighted by atomic mass is 10.0. The molecule has 2 nitrogen and oxygen atoms in total. The van der Waals surface area contributed by atoms with Gasteiger partial charge in [-0.3, -0.25) is 0 Å². The van der Waals surface area contributed by atoms with Crippen LogP contribution in [0.25, 0.3) is 0 Å². The van der Waals surface area contributed by atoms with Crippen molar-refractivity contribution >= 4 is 5.71 Å².